The average molecular weight is 249 g/mol. The summed E-state index contributed by atoms with van der Waals surface area (Å²) in [5, 5.41) is 0. The molecule has 2 aromatic carbocycles. The van der Waals surface area contributed by atoms with E-state index in [4.69, 9.17) is 10.5 Å². The molecule has 0 bridgehead atoms. The summed E-state index contributed by atoms with van der Waals surface area (Å²) >= 11 is 0. The number of hydrogen-bond donors (Lipinski definition) is 1. The Bertz CT molecular complexity index is 513. The minimum absolute atomic E-state index is 0.136. The van der Waals surface area contributed by atoms with Crippen LogP contribution in [0.3, 0.4) is 0 Å². The molecule has 0 saturated carbocycles. The number of nitrogens with two attached hydrogens (primary N) is 1. The molecule has 0 aromatic heterocycles. The van der Waals surface area contributed by atoms with Crippen LogP contribution in [0.4, 0.5) is 8.78 Å². The van der Waals surface area contributed by atoms with Gasteiger partial charge in [-0.3, -0.25) is 0 Å². The van der Waals surface area contributed by atoms with E-state index in [1.807, 2.05) is 0 Å². The van der Waals surface area contributed by atoms with Crippen LogP contribution in [0, 0.1) is 11.6 Å². The summed E-state index contributed by atoms with van der Waals surface area (Å²) < 4.78 is 31.8. The maximum Gasteiger partial charge on any atom is 0.165 e. The van der Waals surface area contributed by atoms with E-state index in [1.54, 1.807) is 24.3 Å². The molecule has 0 saturated heterocycles. The summed E-state index contributed by atoms with van der Waals surface area (Å²) in [6.07, 6.45) is -0.498. The molecule has 18 heavy (non-hydrogen) atoms. The molecule has 2 N–H and O–H groups in total. The van der Waals surface area contributed by atoms with Crippen molar-refractivity contribution in [1.82, 2.24) is 0 Å². The van der Waals surface area contributed by atoms with Crippen LogP contribution in [-0.2, 0) is 0 Å². The molecule has 0 spiro atoms. The maximum atomic E-state index is 13.4. The molecular formula is C14H13F2NO. The minimum atomic E-state index is -0.498. The number of rotatable bonds is 4. The summed E-state index contributed by atoms with van der Waals surface area (Å²) in [4.78, 5) is 0. The van der Waals surface area contributed by atoms with E-state index in [0.717, 1.165) is 0 Å². The predicted octanol–water partition coefficient (Wildman–Crippen LogP) is 3.04. The number of ether oxygens (including phenoxy) is 1. The minimum Gasteiger partial charge on any atom is -0.481 e. The van der Waals surface area contributed by atoms with E-state index in [9.17, 15) is 8.78 Å². The van der Waals surface area contributed by atoms with Crippen molar-refractivity contribution in [3.05, 3.63) is 65.7 Å². The Morgan fingerprint density at radius 2 is 1.67 bits per heavy atom. The van der Waals surface area contributed by atoms with Crippen molar-refractivity contribution in [3.8, 4) is 5.75 Å². The second kappa shape index (κ2) is 5.60. The van der Waals surface area contributed by atoms with Gasteiger partial charge in [-0.1, -0.05) is 24.3 Å². The molecule has 2 rings (SSSR count). The van der Waals surface area contributed by atoms with E-state index >= 15 is 0 Å². The first-order chi connectivity index (χ1) is 8.70. The molecular weight excluding hydrogens is 236 g/mol. The quantitative estimate of drug-likeness (QED) is 0.903. The van der Waals surface area contributed by atoms with Crippen molar-refractivity contribution >= 4 is 0 Å². The lowest BCUT2D eigenvalue weighted by Crippen LogP contribution is -2.18. The normalized spacial score (nSPS) is 12.2. The zero-order valence-corrected chi connectivity index (χ0v) is 9.64. The highest BCUT2D eigenvalue weighted by atomic mass is 19.1. The van der Waals surface area contributed by atoms with Gasteiger partial charge in [0.25, 0.3) is 0 Å². The first kappa shape index (κ1) is 12.5. The Hall–Kier alpha value is -1.94. The number of hydrogen-bond acceptors (Lipinski definition) is 2. The summed E-state index contributed by atoms with van der Waals surface area (Å²) in [7, 11) is 0. The second-order valence-corrected chi connectivity index (χ2v) is 3.82. The molecule has 1 atom stereocenters. The van der Waals surface area contributed by atoms with Crippen LogP contribution >= 0.6 is 0 Å². The van der Waals surface area contributed by atoms with Gasteiger partial charge in [-0.05, 0) is 29.8 Å². The molecule has 2 nitrogen and oxygen atoms in total. The van der Waals surface area contributed by atoms with Crippen molar-refractivity contribution in [1.29, 1.82) is 0 Å². The highest BCUT2D eigenvalue weighted by Crippen LogP contribution is 2.23. The van der Waals surface area contributed by atoms with E-state index in [1.165, 1.54) is 24.3 Å². The topological polar surface area (TPSA) is 35.2 Å². The van der Waals surface area contributed by atoms with Crippen molar-refractivity contribution in [3.63, 3.8) is 0 Å². The molecule has 2 aromatic rings. The molecule has 1 unspecified atom stereocenters. The second-order valence-electron chi connectivity index (χ2n) is 3.82. The van der Waals surface area contributed by atoms with Gasteiger partial charge in [0, 0.05) is 6.54 Å². The van der Waals surface area contributed by atoms with Gasteiger partial charge in [-0.15, -0.1) is 0 Å². The molecule has 4 heteroatoms. The Morgan fingerprint density at radius 3 is 2.28 bits per heavy atom. The van der Waals surface area contributed by atoms with Crippen molar-refractivity contribution in [2.75, 3.05) is 6.54 Å². The van der Waals surface area contributed by atoms with Crippen LogP contribution in [-0.4, -0.2) is 6.54 Å². The average Bonchev–Trinajstić information content (AvgIpc) is 2.39. The third-order valence-corrected chi connectivity index (χ3v) is 2.56. The van der Waals surface area contributed by atoms with Gasteiger partial charge >= 0.3 is 0 Å². The van der Waals surface area contributed by atoms with Gasteiger partial charge in [-0.2, -0.15) is 0 Å². The van der Waals surface area contributed by atoms with Gasteiger partial charge in [0.05, 0.1) is 0 Å². The predicted molar refractivity (Wildman–Crippen MR) is 65.2 cm³/mol. The third-order valence-electron chi connectivity index (χ3n) is 2.56. The van der Waals surface area contributed by atoms with Gasteiger partial charge < -0.3 is 10.5 Å². The van der Waals surface area contributed by atoms with Crippen molar-refractivity contribution in [2.45, 2.75) is 6.10 Å². The third kappa shape index (κ3) is 2.84. The Balaban J connectivity index is 2.20. The van der Waals surface area contributed by atoms with Gasteiger partial charge in [-0.25, -0.2) is 8.78 Å². The first-order valence-corrected chi connectivity index (χ1v) is 5.57. The first-order valence-electron chi connectivity index (χ1n) is 5.57. The standard InChI is InChI=1S/C14H13F2NO/c15-11-7-5-10(6-8-11)14(9-17)18-13-4-2-1-3-12(13)16/h1-8,14H,9,17H2. The lowest BCUT2D eigenvalue weighted by atomic mass is 10.1. The molecule has 0 heterocycles. The molecule has 0 aliphatic heterocycles. The Kier molecular flexibility index (Phi) is 3.89. The zero-order valence-electron chi connectivity index (χ0n) is 9.64. The molecule has 0 amide bonds. The molecule has 94 valence electrons. The van der Waals surface area contributed by atoms with Crippen LogP contribution in [0.1, 0.15) is 11.7 Å². The van der Waals surface area contributed by atoms with Crippen molar-refractivity contribution in [2.24, 2.45) is 5.73 Å². The smallest absolute Gasteiger partial charge is 0.165 e. The lowest BCUT2D eigenvalue weighted by molar-refractivity contribution is 0.204. The fourth-order valence-corrected chi connectivity index (χ4v) is 1.62. The maximum absolute atomic E-state index is 13.4. The van der Waals surface area contributed by atoms with Crippen LogP contribution in [0.2, 0.25) is 0 Å². The van der Waals surface area contributed by atoms with Gasteiger partial charge in [0.1, 0.15) is 11.9 Å². The fourth-order valence-electron chi connectivity index (χ4n) is 1.62. The van der Waals surface area contributed by atoms with Crippen LogP contribution in [0.5, 0.6) is 5.75 Å². The van der Waals surface area contributed by atoms with E-state index in [-0.39, 0.29) is 18.1 Å². The number of benzene rings is 2. The largest absolute Gasteiger partial charge is 0.481 e. The summed E-state index contributed by atoms with van der Waals surface area (Å²) in [5.74, 6) is -0.643. The van der Waals surface area contributed by atoms with E-state index < -0.39 is 11.9 Å². The van der Waals surface area contributed by atoms with Crippen LogP contribution < -0.4 is 10.5 Å². The van der Waals surface area contributed by atoms with E-state index in [2.05, 4.69) is 0 Å². The molecule has 0 radical (unpaired) electrons. The molecule has 0 fully saturated rings. The lowest BCUT2D eigenvalue weighted by Gasteiger charge is -2.18. The highest BCUT2D eigenvalue weighted by Gasteiger charge is 2.13. The summed E-state index contributed by atoms with van der Waals surface area (Å²) in [5.41, 5.74) is 6.31. The summed E-state index contributed by atoms with van der Waals surface area (Å²) in [6.45, 7) is 0.181. The molecule has 0 aliphatic carbocycles. The Labute approximate surface area is 104 Å². The van der Waals surface area contributed by atoms with Gasteiger partial charge in [0.15, 0.2) is 11.6 Å². The van der Waals surface area contributed by atoms with Crippen molar-refractivity contribution < 1.29 is 13.5 Å². The zero-order chi connectivity index (χ0) is 13.0. The molecule has 0 aliphatic rings. The fraction of sp³-hybridized carbons (Fsp3) is 0.143. The number of para-hydroxylation sites is 1. The number of halogens is 2. The Morgan fingerprint density at radius 1 is 1.00 bits per heavy atom. The van der Waals surface area contributed by atoms with Crippen LogP contribution in [0.25, 0.3) is 0 Å². The summed E-state index contributed by atoms with van der Waals surface area (Å²) in [6, 6.07) is 11.9. The van der Waals surface area contributed by atoms with Crippen LogP contribution in [0.15, 0.2) is 48.5 Å². The van der Waals surface area contributed by atoms with E-state index in [0.29, 0.717) is 5.56 Å². The highest BCUT2D eigenvalue weighted by molar-refractivity contribution is 5.26. The van der Waals surface area contributed by atoms with Gasteiger partial charge in [0.2, 0.25) is 0 Å². The monoisotopic (exact) mass is 249 g/mol. The SMILES string of the molecule is NCC(Oc1ccccc1F)c1ccc(F)cc1.